The largest absolute Gasteiger partial charge is 0.463 e. The third kappa shape index (κ3) is 2.17. The summed E-state index contributed by atoms with van der Waals surface area (Å²) in [6, 6.07) is 11.6. The topological polar surface area (TPSA) is 33.4 Å². The van der Waals surface area contributed by atoms with E-state index in [1.165, 1.54) is 0 Å². The maximum Gasteiger partial charge on any atom is 0.137 e. The molecule has 2 aromatic rings. The molecule has 1 aromatic carbocycles. The van der Waals surface area contributed by atoms with E-state index < -0.39 is 6.10 Å². The van der Waals surface area contributed by atoms with Crippen molar-refractivity contribution in [1.29, 1.82) is 0 Å². The highest BCUT2D eigenvalue weighted by atomic mass is 16.4. The number of benzene rings is 1. The maximum atomic E-state index is 10.1. The highest BCUT2D eigenvalue weighted by Crippen LogP contribution is 2.24. The number of aliphatic hydroxyl groups is 1. The molecule has 1 aromatic heterocycles. The van der Waals surface area contributed by atoms with Gasteiger partial charge in [-0.2, -0.15) is 0 Å². The van der Waals surface area contributed by atoms with Gasteiger partial charge in [0.05, 0.1) is 0 Å². The molecule has 2 heteroatoms. The second-order valence-corrected chi connectivity index (χ2v) is 3.97. The molecule has 0 radical (unpaired) electrons. The van der Waals surface area contributed by atoms with Crippen LogP contribution in [0.25, 0.3) is 0 Å². The second-order valence-electron chi connectivity index (χ2n) is 3.97. The van der Waals surface area contributed by atoms with Crippen molar-refractivity contribution in [2.75, 3.05) is 0 Å². The average Bonchev–Trinajstić information content (AvgIpc) is 2.76. The van der Waals surface area contributed by atoms with Gasteiger partial charge in [-0.15, -0.1) is 0 Å². The summed E-state index contributed by atoms with van der Waals surface area (Å²) in [6.45, 7) is 4.04. The van der Waals surface area contributed by atoms with E-state index in [0.717, 1.165) is 23.3 Å². The molecule has 1 atom stereocenters. The fraction of sp³-hybridized carbons (Fsp3) is 0.286. The Morgan fingerprint density at radius 2 is 2.06 bits per heavy atom. The van der Waals surface area contributed by atoms with Crippen molar-refractivity contribution in [3.05, 3.63) is 59.0 Å². The van der Waals surface area contributed by atoms with Crippen LogP contribution >= 0.6 is 0 Å². The van der Waals surface area contributed by atoms with Gasteiger partial charge in [0.25, 0.3) is 0 Å². The van der Waals surface area contributed by atoms with Crippen LogP contribution in [-0.2, 0) is 6.42 Å². The highest BCUT2D eigenvalue weighted by molar-refractivity contribution is 5.29. The van der Waals surface area contributed by atoms with Crippen LogP contribution < -0.4 is 0 Å². The van der Waals surface area contributed by atoms with E-state index in [0.29, 0.717) is 5.76 Å². The molecule has 0 fully saturated rings. The minimum Gasteiger partial charge on any atom is -0.463 e. The Hall–Kier alpha value is -1.54. The quantitative estimate of drug-likeness (QED) is 0.854. The maximum absolute atomic E-state index is 10.1. The van der Waals surface area contributed by atoms with Gasteiger partial charge in [-0.3, -0.25) is 0 Å². The first kappa shape index (κ1) is 11.0. The van der Waals surface area contributed by atoms with Gasteiger partial charge in [-0.25, -0.2) is 0 Å². The Bertz CT molecular complexity index is 471. The second kappa shape index (κ2) is 4.54. The molecule has 2 rings (SSSR count). The van der Waals surface area contributed by atoms with Gasteiger partial charge >= 0.3 is 0 Å². The van der Waals surface area contributed by atoms with Crippen LogP contribution in [0.5, 0.6) is 0 Å². The minimum atomic E-state index is -0.666. The Morgan fingerprint density at radius 1 is 1.25 bits per heavy atom. The van der Waals surface area contributed by atoms with Gasteiger partial charge in [-0.05, 0) is 24.6 Å². The first-order valence-corrected chi connectivity index (χ1v) is 5.54. The van der Waals surface area contributed by atoms with Crippen molar-refractivity contribution in [2.24, 2.45) is 0 Å². The summed E-state index contributed by atoms with van der Waals surface area (Å²) in [5.74, 6) is 1.52. The number of aliphatic hydroxyl groups excluding tert-OH is 1. The van der Waals surface area contributed by atoms with Crippen LogP contribution in [0.15, 0.2) is 40.8 Å². The van der Waals surface area contributed by atoms with Crippen LogP contribution in [0.3, 0.4) is 0 Å². The molecule has 0 aliphatic carbocycles. The Balaban J connectivity index is 2.27. The van der Waals surface area contributed by atoms with Gasteiger partial charge in [0.1, 0.15) is 17.6 Å². The Labute approximate surface area is 95.5 Å². The van der Waals surface area contributed by atoms with Crippen LogP contribution in [-0.4, -0.2) is 5.11 Å². The summed E-state index contributed by atoms with van der Waals surface area (Å²) in [4.78, 5) is 0. The van der Waals surface area contributed by atoms with E-state index in [-0.39, 0.29) is 0 Å². The molecule has 1 N–H and O–H groups in total. The third-order valence-corrected chi connectivity index (χ3v) is 2.66. The van der Waals surface area contributed by atoms with Gasteiger partial charge in [0, 0.05) is 6.42 Å². The van der Waals surface area contributed by atoms with Gasteiger partial charge in [-0.1, -0.05) is 36.8 Å². The zero-order valence-electron chi connectivity index (χ0n) is 9.60. The standard InChI is InChI=1S/C14H16O2/c1-3-12-7-8-13(16-12)14(15)11-6-4-5-10(2)9-11/h4-9,14-15H,3H2,1-2H3. The van der Waals surface area contributed by atoms with Gasteiger partial charge < -0.3 is 9.52 Å². The van der Waals surface area contributed by atoms with Crippen molar-refractivity contribution < 1.29 is 9.52 Å². The number of rotatable bonds is 3. The lowest BCUT2D eigenvalue weighted by Crippen LogP contribution is -1.98. The summed E-state index contributed by atoms with van der Waals surface area (Å²) in [5.41, 5.74) is 2.01. The van der Waals surface area contributed by atoms with Crippen molar-refractivity contribution in [1.82, 2.24) is 0 Å². The molecule has 84 valence electrons. The van der Waals surface area contributed by atoms with Crippen molar-refractivity contribution >= 4 is 0 Å². The lowest BCUT2D eigenvalue weighted by Gasteiger charge is -2.08. The van der Waals surface area contributed by atoms with Gasteiger partial charge in [0.2, 0.25) is 0 Å². The SMILES string of the molecule is CCc1ccc(C(O)c2cccc(C)c2)o1. The van der Waals surface area contributed by atoms with Crippen LogP contribution in [0.1, 0.15) is 35.7 Å². The summed E-state index contributed by atoms with van der Waals surface area (Å²) in [5, 5.41) is 10.1. The fourth-order valence-electron chi connectivity index (χ4n) is 1.74. The van der Waals surface area contributed by atoms with Crippen LogP contribution in [0, 0.1) is 6.92 Å². The van der Waals surface area contributed by atoms with Gasteiger partial charge in [0.15, 0.2) is 0 Å². The smallest absolute Gasteiger partial charge is 0.137 e. The van der Waals surface area contributed by atoms with E-state index in [2.05, 4.69) is 0 Å². The summed E-state index contributed by atoms with van der Waals surface area (Å²) < 4.78 is 5.54. The van der Waals surface area contributed by atoms with E-state index in [4.69, 9.17) is 4.42 Å². The molecule has 0 amide bonds. The molecule has 0 spiro atoms. The lowest BCUT2D eigenvalue weighted by molar-refractivity contribution is 0.187. The summed E-state index contributed by atoms with van der Waals surface area (Å²) in [7, 11) is 0. The molecule has 0 saturated carbocycles. The van der Waals surface area contributed by atoms with E-state index in [1.807, 2.05) is 50.2 Å². The third-order valence-electron chi connectivity index (χ3n) is 2.66. The van der Waals surface area contributed by atoms with Crippen molar-refractivity contribution in [3.63, 3.8) is 0 Å². The monoisotopic (exact) mass is 216 g/mol. The minimum absolute atomic E-state index is 0.613. The predicted molar refractivity (Wildman–Crippen MR) is 63.3 cm³/mol. The number of hydrogen-bond acceptors (Lipinski definition) is 2. The lowest BCUT2D eigenvalue weighted by atomic mass is 10.1. The number of aryl methyl sites for hydroxylation is 2. The van der Waals surface area contributed by atoms with Crippen LogP contribution in [0.4, 0.5) is 0 Å². The first-order chi connectivity index (χ1) is 7.70. The number of furan rings is 1. The normalized spacial score (nSPS) is 12.7. The zero-order valence-corrected chi connectivity index (χ0v) is 9.60. The van der Waals surface area contributed by atoms with Crippen LogP contribution in [0.2, 0.25) is 0 Å². The molecule has 1 unspecified atom stereocenters. The molecule has 1 heterocycles. The molecule has 0 aliphatic rings. The fourth-order valence-corrected chi connectivity index (χ4v) is 1.74. The predicted octanol–water partition coefficient (Wildman–Crippen LogP) is 3.23. The van der Waals surface area contributed by atoms with E-state index >= 15 is 0 Å². The number of hydrogen-bond donors (Lipinski definition) is 1. The first-order valence-electron chi connectivity index (χ1n) is 5.54. The highest BCUT2D eigenvalue weighted by Gasteiger charge is 2.14. The molecule has 0 saturated heterocycles. The average molecular weight is 216 g/mol. The molecular formula is C14H16O2. The summed E-state index contributed by atoms with van der Waals surface area (Å²) >= 11 is 0. The molecule has 16 heavy (non-hydrogen) atoms. The molecular weight excluding hydrogens is 200 g/mol. The molecule has 2 nitrogen and oxygen atoms in total. The Kier molecular flexibility index (Phi) is 3.11. The van der Waals surface area contributed by atoms with E-state index in [1.54, 1.807) is 0 Å². The zero-order chi connectivity index (χ0) is 11.5. The van der Waals surface area contributed by atoms with E-state index in [9.17, 15) is 5.11 Å². The Morgan fingerprint density at radius 3 is 2.69 bits per heavy atom. The molecule has 0 bridgehead atoms. The van der Waals surface area contributed by atoms with Crippen molar-refractivity contribution in [2.45, 2.75) is 26.4 Å². The molecule has 0 aliphatic heterocycles. The van der Waals surface area contributed by atoms with Crippen molar-refractivity contribution in [3.8, 4) is 0 Å². The summed E-state index contributed by atoms with van der Waals surface area (Å²) in [6.07, 6.45) is 0.181.